The number of methoxy groups -OCH3 is 1. The van der Waals surface area contributed by atoms with Gasteiger partial charge >= 0.3 is 12.1 Å². The summed E-state index contributed by atoms with van der Waals surface area (Å²) in [5.74, 6) is -2.42. The van der Waals surface area contributed by atoms with Gasteiger partial charge in [-0.15, -0.1) is 0 Å². The first-order valence-electron chi connectivity index (χ1n) is 21.0. The van der Waals surface area contributed by atoms with Crippen molar-refractivity contribution in [3.63, 3.8) is 0 Å². The highest BCUT2D eigenvalue weighted by atomic mass is 16.7. The molecule has 12 nitrogen and oxygen atoms in total. The molecule has 3 fully saturated rings. The fraction of sp³-hybridized carbons (Fsp3) is 0.864. The number of hydrogen-bond donors (Lipinski definition) is 0. The number of cyclic esters (lactones) is 1. The second-order valence-electron chi connectivity index (χ2n) is 19.2. The third-order valence-corrected chi connectivity index (χ3v) is 13.8. The molecule has 2 bridgehead atoms. The number of nitrogens with zero attached hydrogens (tertiary/aromatic N) is 3. The molecule has 4 heterocycles. The number of fused-ring (bicyclic) bond motifs is 1. The van der Waals surface area contributed by atoms with Crippen molar-refractivity contribution in [3.8, 4) is 0 Å². The van der Waals surface area contributed by atoms with Crippen molar-refractivity contribution in [1.82, 2.24) is 9.80 Å². The van der Waals surface area contributed by atoms with Crippen LogP contribution in [0.25, 0.3) is 0 Å². The molecule has 4 aliphatic rings. The normalized spacial score (nSPS) is 40.2. The minimum Gasteiger partial charge on any atom is -0.457 e. The maximum atomic E-state index is 15.0. The van der Waals surface area contributed by atoms with Gasteiger partial charge in [0.2, 0.25) is 0 Å². The van der Waals surface area contributed by atoms with Crippen molar-refractivity contribution in [2.24, 2.45) is 28.2 Å². The van der Waals surface area contributed by atoms with Crippen LogP contribution >= 0.6 is 0 Å². The van der Waals surface area contributed by atoms with Crippen LogP contribution in [0.2, 0.25) is 0 Å². The van der Waals surface area contributed by atoms with Crippen LogP contribution in [0.3, 0.4) is 0 Å². The molecule has 4 aliphatic heterocycles. The number of carbonyl (C=O) groups excluding carboxylic acids is 3. The average Bonchev–Trinajstić information content (AvgIpc) is 3.37. The van der Waals surface area contributed by atoms with Crippen molar-refractivity contribution in [2.45, 2.75) is 194 Å². The molecule has 0 saturated carbocycles. The molecule has 0 N–H and O–H groups in total. The van der Waals surface area contributed by atoms with E-state index in [9.17, 15) is 14.4 Å². The summed E-state index contributed by atoms with van der Waals surface area (Å²) in [4.78, 5) is 53.1. The molecule has 4 rings (SSSR count). The van der Waals surface area contributed by atoms with Crippen molar-refractivity contribution in [1.29, 1.82) is 0 Å². The average molecular weight is 790 g/mol. The monoisotopic (exact) mass is 790 g/mol. The molecular formula is C44H75N3O9. The van der Waals surface area contributed by atoms with Crippen LogP contribution in [0, 0.1) is 23.2 Å². The van der Waals surface area contributed by atoms with Crippen LogP contribution in [-0.2, 0) is 38.0 Å². The summed E-state index contributed by atoms with van der Waals surface area (Å²) in [6, 6.07) is -0.552. The zero-order valence-electron chi connectivity index (χ0n) is 37.7. The summed E-state index contributed by atoms with van der Waals surface area (Å²) >= 11 is 0. The maximum absolute atomic E-state index is 15.0. The van der Waals surface area contributed by atoms with E-state index in [1.165, 1.54) is 0 Å². The molecule has 12 atom stereocenters. The molecule has 0 radical (unpaired) electrons. The molecule has 0 aliphatic carbocycles. The largest absolute Gasteiger partial charge is 0.457 e. The summed E-state index contributed by atoms with van der Waals surface area (Å²) in [6.07, 6.45) is 3.88. The number of aliphatic imine (C=N–C) groups is 1. The molecule has 0 aromatic rings. The Kier molecular flexibility index (Phi) is 14.1. The van der Waals surface area contributed by atoms with E-state index >= 15 is 0 Å². The number of esters is 1. The molecular weight excluding hydrogens is 714 g/mol. The van der Waals surface area contributed by atoms with Gasteiger partial charge in [0.25, 0.3) is 0 Å². The van der Waals surface area contributed by atoms with E-state index < -0.39 is 76.3 Å². The van der Waals surface area contributed by atoms with Gasteiger partial charge in [0, 0.05) is 30.7 Å². The van der Waals surface area contributed by atoms with E-state index in [1.807, 2.05) is 73.5 Å². The molecule has 3 saturated heterocycles. The SMILES string of the molecule is CCC/C=C\CO[C@@]1(C)C[C@@H](C)C2=NC(C)(C)C(C)(C)N3C(=O)O[C@](C)([C@@H](CC)OC(=O)C(C)(C)C(=O)[C@H](C)[C@H]1O[C@@H]1O[C@H](C)C[C@H](N(C)C)[C@H]1OC)[C@H]3[C@H]2C. The quantitative estimate of drug-likeness (QED) is 0.126. The topological polar surface area (TPSA) is 125 Å². The Morgan fingerprint density at radius 3 is 2.16 bits per heavy atom. The summed E-state index contributed by atoms with van der Waals surface area (Å²) in [5, 5.41) is 0. The van der Waals surface area contributed by atoms with E-state index in [2.05, 4.69) is 45.6 Å². The predicted octanol–water partition coefficient (Wildman–Crippen LogP) is 7.40. The van der Waals surface area contributed by atoms with Gasteiger partial charge in [0.05, 0.1) is 41.5 Å². The van der Waals surface area contributed by atoms with Crippen LogP contribution in [0.1, 0.15) is 129 Å². The van der Waals surface area contributed by atoms with E-state index in [4.69, 9.17) is 33.4 Å². The second-order valence-corrected chi connectivity index (χ2v) is 19.2. The first-order valence-corrected chi connectivity index (χ1v) is 21.0. The first kappa shape index (κ1) is 46.3. The summed E-state index contributed by atoms with van der Waals surface area (Å²) in [7, 11) is 5.68. The number of Topliss-reactive ketones (excluding diaryl/α,β-unsaturated/α-hetero) is 1. The number of ketones is 1. The number of unbranched alkanes of at least 4 members (excludes halogenated alkanes) is 1. The van der Waals surface area contributed by atoms with Gasteiger partial charge in [-0.2, -0.15) is 0 Å². The zero-order valence-corrected chi connectivity index (χ0v) is 37.7. The number of allylic oxidation sites excluding steroid dienone is 1. The number of carbonyl (C=O) groups is 3. The van der Waals surface area contributed by atoms with E-state index in [0.29, 0.717) is 12.8 Å². The lowest BCUT2D eigenvalue weighted by Gasteiger charge is -2.49. The van der Waals surface area contributed by atoms with E-state index in [0.717, 1.165) is 25.0 Å². The molecule has 0 aromatic carbocycles. The number of rotatable bonds is 10. The predicted molar refractivity (Wildman–Crippen MR) is 218 cm³/mol. The van der Waals surface area contributed by atoms with Gasteiger partial charge in [-0.25, -0.2) is 4.79 Å². The lowest BCUT2D eigenvalue weighted by atomic mass is 9.71. The summed E-state index contributed by atoms with van der Waals surface area (Å²) in [6.45, 7) is 27.6. The third-order valence-electron chi connectivity index (χ3n) is 13.8. The van der Waals surface area contributed by atoms with Crippen LogP contribution in [-0.4, -0.2) is 126 Å². The summed E-state index contributed by atoms with van der Waals surface area (Å²) in [5.41, 5.74) is -4.58. The smallest absolute Gasteiger partial charge is 0.411 e. The summed E-state index contributed by atoms with van der Waals surface area (Å²) < 4.78 is 39.5. The lowest BCUT2D eigenvalue weighted by molar-refractivity contribution is -0.300. The van der Waals surface area contributed by atoms with Gasteiger partial charge < -0.3 is 33.3 Å². The van der Waals surface area contributed by atoms with E-state index in [-0.39, 0.29) is 36.4 Å². The first-order chi connectivity index (χ1) is 25.9. The van der Waals surface area contributed by atoms with Gasteiger partial charge in [-0.3, -0.25) is 19.5 Å². The van der Waals surface area contributed by atoms with Crippen LogP contribution in [0.15, 0.2) is 17.1 Å². The minimum atomic E-state index is -1.60. The van der Waals surface area contributed by atoms with Crippen molar-refractivity contribution in [2.75, 3.05) is 27.8 Å². The Bertz CT molecular complexity index is 1490. The molecule has 0 aromatic heterocycles. The fourth-order valence-corrected chi connectivity index (χ4v) is 9.88. The lowest BCUT2D eigenvalue weighted by Crippen LogP contribution is -2.64. The van der Waals surface area contributed by atoms with Gasteiger partial charge in [0.15, 0.2) is 17.7 Å². The van der Waals surface area contributed by atoms with Gasteiger partial charge in [0.1, 0.15) is 17.6 Å². The standard InChI is InChI=1S/C44H75N3O9/c1-18-20-21-22-23-52-43(13)25-26(3)32-28(5)34-44(14,56-39(50)47(34)42(11,12)41(9,10)45-32)31(19-2)54-38(49)40(7,8)35(48)29(6)36(43)55-37-33(51-17)30(46(15)16)24-27(4)53-37/h21-22,26-31,33-34,36-37H,18-20,23-25H2,1-17H3/b22-21-/t26-,27-,28+,29+,30+,31-,33-,34-,36-,37+,43+,44-/m1/s1. The van der Waals surface area contributed by atoms with Crippen molar-refractivity contribution >= 4 is 23.6 Å². The highest BCUT2D eigenvalue weighted by Gasteiger charge is 2.66. The van der Waals surface area contributed by atoms with Crippen molar-refractivity contribution < 1.29 is 42.8 Å². The maximum Gasteiger partial charge on any atom is 0.411 e. The minimum absolute atomic E-state index is 0.0147. The van der Waals surface area contributed by atoms with Crippen LogP contribution < -0.4 is 0 Å². The van der Waals surface area contributed by atoms with E-state index in [1.54, 1.807) is 21.0 Å². The second kappa shape index (κ2) is 17.1. The van der Waals surface area contributed by atoms with Crippen molar-refractivity contribution in [3.05, 3.63) is 12.2 Å². The van der Waals surface area contributed by atoms with Crippen LogP contribution in [0.4, 0.5) is 4.79 Å². The number of likely N-dealkylation sites (N-methyl/N-ethyl adjacent to an activating group) is 1. The third kappa shape index (κ3) is 8.38. The Balaban J connectivity index is 2.00. The Morgan fingerprint density at radius 2 is 1.59 bits per heavy atom. The molecule has 56 heavy (non-hydrogen) atoms. The highest BCUT2D eigenvalue weighted by molar-refractivity contribution is 6.04. The number of ether oxygens (including phenoxy) is 6. The zero-order chi connectivity index (χ0) is 42.3. The molecule has 12 heteroatoms. The van der Waals surface area contributed by atoms with Gasteiger partial charge in [-0.1, -0.05) is 53.2 Å². The number of amides is 1. The Morgan fingerprint density at radius 1 is 0.946 bits per heavy atom. The molecule has 0 spiro atoms. The molecule has 1 amide bonds. The fourth-order valence-electron chi connectivity index (χ4n) is 9.88. The Hall–Kier alpha value is -2.38. The Labute approximate surface area is 337 Å². The molecule has 320 valence electrons. The van der Waals surface area contributed by atoms with Crippen LogP contribution in [0.5, 0.6) is 0 Å². The van der Waals surface area contributed by atoms with Gasteiger partial charge in [-0.05, 0) is 108 Å². The number of hydrogen-bond acceptors (Lipinski definition) is 11. The highest BCUT2D eigenvalue weighted by Crippen LogP contribution is 2.50. The molecule has 0 unspecified atom stereocenters.